The Balaban J connectivity index is 1.53. The zero-order valence-electron chi connectivity index (χ0n) is 13.6. The van der Waals surface area contributed by atoms with Gasteiger partial charge in [0.1, 0.15) is 5.76 Å². The van der Waals surface area contributed by atoms with Crippen LogP contribution in [0.1, 0.15) is 37.6 Å². The summed E-state index contributed by atoms with van der Waals surface area (Å²) in [5.74, 6) is 3.30. The lowest BCUT2D eigenvalue weighted by Crippen LogP contribution is -2.42. The van der Waals surface area contributed by atoms with E-state index in [0.29, 0.717) is 29.2 Å². The molecule has 1 aliphatic rings. The van der Waals surface area contributed by atoms with E-state index in [9.17, 15) is 4.79 Å². The van der Waals surface area contributed by atoms with Crippen molar-refractivity contribution in [3.05, 3.63) is 29.9 Å². The molecule has 1 saturated heterocycles. The minimum absolute atomic E-state index is 0.231. The maximum absolute atomic E-state index is 12.3. The number of amides is 1. The lowest BCUT2D eigenvalue weighted by Gasteiger charge is -2.33. The number of likely N-dealkylation sites (tertiary alicyclic amines) is 1. The molecule has 23 heavy (non-hydrogen) atoms. The van der Waals surface area contributed by atoms with E-state index in [1.165, 1.54) is 6.42 Å². The number of carbonyl (C=O) groups excluding carboxylic acids is 1. The zero-order chi connectivity index (χ0) is 16.2. The van der Waals surface area contributed by atoms with Crippen LogP contribution in [0.4, 0.5) is 0 Å². The van der Waals surface area contributed by atoms with Crippen LogP contribution in [0.15, 0.2) is 27.2 Å². The fourth-order valence-electron chi connectivity index (χ4n) is 2.85. The second-order valence-corrected chi connectivity index (χ2v) is 6.91. The monoisotopic (exact) mass is 334 g/mol. The third-order valence-corrected chi connectivity index (χ3v) is 5.14. The molecule has 2 aromatic heterocycles. The number of rotatable bonds is 5. The van der Waals surface area contributed by atoms with Gasteiger partial charge in [-0.25, -0.2) is 4.98 Å². The number of thioether (sulfide) groups is 1. The Labute approximate surface area is 140 Å². The molecule has 1 atom stereocenters. The summed E-state index contributed by atoms with van der Waals surface area (Å²) in [5, 5.41) is 0. The average molecular weight is 334 g/mol. The van der Waals surface area contributed by atoms with Crippen LogP contribution in [0.5, 0.6) is 0 Å². The van der Waals surface area contributed by atoms with Gasteiger partial charge in [0.25, 0.3) is 5.89 Å². The first-order chi connectivity index (χ1) is 11.1. The highest BCUT2D eigenvalue weighted by atomic mass is 32.2. The van der Waals surface area contributed by atoms with E-state index >= 15 is 0 Å². The number of furan rings is 1. The van der Waals surface area contributed by atoms with Crippen LogP contribution in [0, 0.1) is 6.92 Å². The highest BCUT2D eigenvalue weighted by Gasteiger charge is 2.23. The SMILES string of the molecule is Cc1oc(-c2ccco2)nc1CSCC(=O)N1CCCC[C@H]1C. The predicted molar refractivity (Wildman–Crippen MR) is 90.1 cm³/mol. The van der Waals surface area contributed by atoms with Gasteiger partial charge in [-0.05, 0) is 45.2 Å². The van der Waals surface area contributed by atoms with Gasteiger partial charge in [0, 0.05) is 18.3 Å². The van der Waals surface area contributed by atoms with Gasteiger partial charge in [0.15, 0.2) is 5.76 Å². The van der Waals surface area contributed by atoms with Gasteiger partial charge in [-0.2, -0.15) is 0 Å². The molecule has 3 rings (SSSR count). The Morgan fingerprint density at radius 1 is 1.48 bits per heavy atom. The van der Waals surface area contributed by atoms with E-state index in [2.05, 4.69) is 11.9 Å². The molecular weight excluding hydrogens is 312 g/mol. The maximum atomic E-state index is 12.3. The molecule has 0 N–H and O–H groups in total. The first-order valence-electron chi connectivity index (χ1n) is 8.02. The fraction of sp³-hybridized carbons (Fsp3) is 0.529. The van der Waals surface area contributed by atoms with Crippen LogP contribution in [0.2, 0.25) is 0 Å². The lowest BCUT2D eigenvalue weighted by molar-refractivity contribution is -0.131. The first kappa shape index (κ1) is 16.2. The number of aromatic nitrogens is 1. The smallest absolute Gasteiger partial charge is 0.263 e. The van der Waals surface area contributed by atoms with Crippen LogP contribution in [0.25, 0.3) is 11.7 Å². The van der Waals surface area contributed by atoms with Crippen molar-refractivity contribution in [3.63, 3.8) is 0 Å². The Morgan fingerprint density at radius 3 is 3.09 bits per heavy atom. The number of carbonyl (C=O) groups is 1. The van der Waals surface area contributed by atoms with Crippen molar-refractivity contribution in [1.82, 2.24) is 9.88 Å². The van der Waals surface area contributed by atoms with Crippen molar-refractivity contribution in [2.24, 2.45) is 0 Å². The largest absolute Gasteiger partial charge is 0.459 e. The van der Waals surface area contributed by atoms with E-state index in [1.54, 1.807) is 18.0 Å². The molecule has 2 aromatic rings. The van der Waals surface area contributed by atoms with Crippen LogP contribution in [-0.4, -0.2) is 34.1 Å². The highest BCUT2D eigenvalue weighted by molar-refractivity contribution is 7.99. The number of hydrogen-bond donors (Lipinski definition) is 0. The average Bonchev–Trinajstić information content (AvgIpc) is 3.18. The highest BCUT2D eigenvalue weighted by Crippen LogP contribution is 2.25. The minimum Gasteiger partial charge on any atom is -0.459 e. The van der Waals surface area contributed by atoms with E-state index in [1.807, 2.05) is 24.0 Å². The van der Waals surface area contributed by atoms with Gasteiger partial charge in [-0.1, -0.05) is 0 Å². The first-order valence-corrected chi connectivity index (χ1v) is 9.18. The summed E-state index contributed by atoms with van der Waals surface area (Å²) in [5.41, 5.74) is 0.876. The fourth-order valence-corrected chi connectivity index (χ4v) is 3.76. The van der Waals surface area contributed by atoms with Crippen molar-refractivity contribution < 1.29 is 13.6 Å². The second kappa shape index (κ2) is 7.25. The third kappa shape index (κ3) is 3.80. The van der Waals surface area contributed by atoms with E-state index in [4.69, 9.17) is 8.83 Å². The number of oxazole rings is 1. The maximum Gasteiger partial charge on any atom is 0.263 e. The van der Waals surface area contributed by atoms with Crippen molar-refractivity contribution in [2.75, 3.05) is 12.3 Å². The minimum atomic E-state index is 0.231. The van der Waals surface area contributed by atoms with Crippen molar-refractivity contribution in [2.45, 2.75) is 44.9 Å². The van der Waals surface area contributed by atoms with Gasteiger partial charge >= 0.3 is 0 Å². The third-order valence-electron chi connectivity index (χ3n) is 4.21. The summed E-state index contributed by atoms with van der Waals surface area (Å²) in [6.07, 6.45) is 5.06. The molecule has 1 fully saturated rings. The Kier molecular flexibility index (Phi) is 5.10. The number of aryl methyl sites for hydroxylation is 1. The zero-order valence-corrected chi connectivity index (χ0v) is 14.4. The molecule has 6 heteroatoms. The molecule has 124 valence electrons. The number of nitrogens with zero attached hydrogens (tertiary/aromatic N) is 2. The number of hydrogen-bond acceptors (Lipinski definition) is 5. The summed E-state index contributed by atoms with van der Waals surface area (Å²) >= 11 is 1.59. The molecule has 0 bridgehead atoms. The summed E-state index contributed by atoms with van der Waals surface area (Å²) in [4.78, 5) is 18.8. The van der Waals surface area contributed by atoms with Gasteiger partial charge in [0.05, 0.1) is 17.7 Å². The van der Waals surface area contributed by atoms with Crippen LogP contribution in [-0.2, 0) is 10.5 Å². The Morgan fingerprint density at radius 2 is 2.35 bits per heavy atom. The molecule has 5 nitrogen and oxygen atoms in total. The molecule has 1 aliphatic heterocycles. The van der Waals surface area contributed by atoms with Gasteiger partial charge < -0.3 is 13.7 Å². The molecule has 3 heterocycles. The second-order valence-electron chi connectivity index (χ2n) is 5.92. The van der Waals surface area contributed by atoms with Crippen molar-refractivity contribution in [1.29, 1.82) is 0 Å². The summed E-state index contributed by atoms with van der Waals surface area (Å²) in [6, 6.07) is 4.00. The molecule has 0 aromatic carbocycles. The molecule has 1 amide bonds. The molecule has 0 radical (unpaired) electrons. The summed E-state index contributed by atoms with van der Waals surface area (Å²) < 4.78 is 10.9. The molecule has 0 aliphatic carbocycles. The van der Waals surface area contributed by atoms with Crippen molar-refractivity contribution in [3.8, 4) is 11.7 Å². The number of piperidine rings is 1. The van der Waals surface area contributed by atoms with Gasteiger partial charge in [0.2, 0.25) is 5.91 Å². The summed E-state index contributed by atoms with van der Waals surface area (Å²) in [7, 11) is 0. The van der Waals surface area contributed by atoms with Gasteiger partial charge in [-0.15, -0.1) is 11.8 Å². The summed E-state index contributed by atoms with van der Waals surface area (Å²) in [6.45, 7) is 4.93. The molecular formula is C17H22N2O3S. The Bertz CT molecular complexity index is 651. The van der Waals surface area contributed by atoms with Crippen LogP contribution in [0.3, 0.4) is 0 Å². The topological polar surface area (TPSA) is 59.5 Å². The van der Waals surface area contributed by atoms with E-state index in [0.717, 1.165) is 30.8 Å². The normalized spacial score (nSPS) is 18.3. The Hall–Kier alpha value is -1.69. The standard InChI is InChI=1S/C17H22N2O3S/c1-12-6-3-4-8-19(12)16(20)11-23-10-14-13(2)22-17(18-14)15-7-5-9-21-15/h5,7,9,12H,3-4,6,8,10-11H2,1-2H3/t12-/m1/s1. The molecule has 0 spiro atoms. The molecule has 0 unspecified atom stereocenters. The quantitative estimate of drug-likeness (QED) is 0.830. The van der Waals surface area contributed by atoms with Crippen LogP contribution >= 0.6 is 11.8 Å². The van der Waals surface area contributed by atoms with Crippen molar-refractivity contribution >= 4 is 17.7 Å². The van der Waals surface area contributed by atoms with E-state index in [-0.39, 0.29) is 5.91 Å². The van der Waals surface area contributed by atoms with Gasteiger partial charge in [-0.3, -0.25) is 4.79 Å². The lowest BCUT2D eigenvalue weighted by atomic mass is 10.0. The predicted octanol–water partition coefficient (Wildman–Crippen LogP) is 3.88. The van der Waals surface area contributed by atoms with E-state index < -0.39 is 0 Å². The van der Waals surface area contributed by atoms with Crippen LogP contribution < -0.4 is 0 Å². The molecule has 0 saturated carbocycles.